The lowest BCUT2D eigenvalue weighted by atomic mass is 10.1. The number of ether oxygens (including phenoxy) is 1. The second-order valence-corrected chi connectivity index (χ2v) is 4.82. The minimum Gasteiger partial charge on any atom is -0.497 e. The Bertz CT molecular complexity index is 522. The van der Waals surface area contributed by atoms with Gasteiger partial charge in [0.05, 0.1) is 13.2 Å². The third-order valence-corrected chi connectivity index (χ3v) is 3.19. The highest BCUT2D eigenvalue weighted by atomic mass is 16.5. The number of rotatable bonds is 7. The Kier molecular flexibility index (Phi) is 5.12. The van der Waals surface area contributed by atoms with Crippen LogP contribution in [-0.2, 0) is 6.42 Å². The number of hydrogen-bond donors (Lipinski definition) is 1. The van der Waals surface area contributed by atoms with Crippen molar-refractivity contribution in [3.8, 4) is 5.75 Å². The summed E-state index contributed by atoms with van der Waals surface area (Å²) in [5.74, 6) is 2.03. The van der Waals surface area contributed by atoms with Crippen molar-refractivity contribution in [3.05, 3.63) is 41.5 Å². The van der Waals surface area contributed by atoms with E-state index in [1.165, 1.54) is 0 Å². The molecule has 0 bridgehead atoms. The summed E-state index contributed by atoms with van der Waals surface area (Å²) in [6.07, 6.45) is 3.69. The topological polar surface area (TPSA) is 74.2 Å². The number of unbranched alkanes of at least 4 members (excludes halogenated alkanes) is 1. The first-order valence-corrected chi connectivity index (χ1v) is 6.94. The van der Waals surface area contributed by atoms with Gasteiger partial charge in [-0.15, -0.1) is 0 Å². The third kappa shape index (κ3) is 3.81. The van der Waals surface area contributed by atoms with E-state index in [2.05, 4.69) is 17.1 Å². The molecule has 1 heterocycles. The summed E-state index contributed by atoms with van der Waals surface area (Å²) >= 11 is 0. The van der Waals surface area contributed by atoms with E-state index >= 15 is 0 Å². The van der Waals surface area contributed by atoms with Crippen LogP contribution in [0.15, 0.2) is 28.8 Å². The van der Waals surface area contributed by atoms with E-state index < -0.39 is 0 Å². The maximum absolute atomic E-state index is 6.01. The molecule has 2 N–H and O–H groups in total. The molecule has 5 nitrogen and oxygen atoms in total. The molecular formula is C15H21N3O2. The van der Waals surface area contributed by atoms with E-state index in [0.29, 0.717) is 18.1 Å². The van der Waals surface area contributed by atoms with Gasteiger partial charge in [-0.1, -0.05) is 37.1 Å². The van der Waals surface area contributed by atoms with Gasteiger partial charge >= 0.3 is 0 Å². The molecule has 0 aliphatic heterocycles. The molecule has 0 saturated heterocycles. The Morgan fingerprint density at radius 3 is 2.70 bits per heavy atom. The Balaban J connectivity index is 1.97. The molecule has 2 rings (SSSR count). The van der Waals surface area contributed by atoms with Crippen LogP contribution in [0.3, 0.4) is 0 Å². The lowest BCUT2D eigenvalue weighted by Crippen LogP contribution is -2.10. The summed E-state index contributed by atoms with van der Waals surface area (Å²) in [5.41, 5.74) is 7.12. The average molecular weight is 275 g/mol. The van der Waals surface area contributed by atoms with E-state index in [1.807, 2.05) is 24.3 Å². The smallest absolute Gasteiger partial charge is 0.243 e. The van der Waals surface area contributed by atoms with Crippen molar-refractivity contribution in [2.24, 2.45) is 5.73 Å². The van der Waals surface area contributed by atoms with E-state index in [-0.39, 0.29) is 6.04 Å². The lowest BCUT2D eigenvalue weighted by molar-refractivity contribution is 0.343. The average Bonchev–Trinajstić information content (AvgIpc) is 2.94. The molecule has 0 aliphatic rings. The highest BCUT2D eigenvalue weighted by Crippen LogP contribution is 2.17. The Morgan fingerprint density at radius 2 is 2.05 bits per heavy atom. The van der Waals surface area contributed by atoms with E-state index in [4.69, 9.17) is 15.0 Å². The Labute approximate surface area is 119 Å². The van der Waals surface area contributed by atoms with Gasteiger partial charge in [-0.2, -0.15) is 4.98 Å². The molecule has 0 fully saturated rings. The summed E-state index contributed by atoms with van der Waals surface area (Å²) in [6.45, 7) is 2.13. The molecule has 0 amide bonds. The molecule has 1 atom stereocenters. The fourth-order valence-corrected chi connectivity index (χ4v) is 1.96. The molecule has 5 heteroatoms. The zero-order chi connectivity index (χ0) is 14.4. The van der Waals surface area contributed by atoms with Gasteiger partial charge in [-0.25, -0.2) is 0 Å². The van der Waals surface area contributed by atoms with E-state index in [1.54, 1.807) is 7.11 Å². The van der Waals surface area contributed by atoms with Crippen molar-refractivity contribution >= 4 is 0 Å². The monoisotopic (exact) mass is 275 g/mol. The number of hydrogen-bond acceptors (Lipinski definition) is 5. The van der Waals surface area contributed by atoms with Gasteiger partial charge in [-0.3, -0.25) is 0 Å². The Hall–Kier alpha value is -1.88. The molecular weight excluding hydrogens is 254 g/mol. The summed E-state index contributed by atoms with van der Waals surface area (Å²) in [4.78, 5) is 4.37. The van der Waals surface area contributed by atoms with Crippen LogP contribution >= 0.6 is 0 Å². The van der Waals surface area contributed by atoms with E-state index in [0.717, 1.165) is 30.6 Å². The first-order valence-electron chi connectivity index (χ1n) is 6.94. The second kappa shape index (κ2) is 7.05. The van der Waals surface area contributed by atoms with Crippen LogP contribution in [0.2, 0.25) is 0 Å². The number of nitrogens with two attached hydrogens (primary N) is 1. The zero-order valence-corrected chi connectivity index (χ0v) is 12.0. The standard InChI is InChI=1S/C15H21N3O2/c1-3-4-5-13(16)15-17-14(18-20-15)10-11-6-8-12(19-2)9-7-11/h6-9,13H,3-5,10,16H2,1-2H3. The zero-order valence-electron chi connectivity index (χ0n) is 12.0. The molecule has 20 heavy (non-hydrogen) atoms. The van der Waals surface area contributed by atoms with Crippen LogP contribution < -0.4 is 10.5 Å². The number of benzene rings is 1. The third-order valence-electron chi connectivity index (χ3n) is 3.19. The summed E-state index contributed by atoms with van der Waals surface area (Å²) in [7, 11) is 1.65. The Morgan fingerprint density at radius 1 is 1.30 bits per heavy atom. The minimum atomic E-state index is -0.160. The van der Waals surface area contributed by atoms with Gasteiger partial charge in [0.15, 0.2) is 5.82 Å². The van der Waals surface area contributed by atoms with Crippen LogP contribution in [-0.4, -0.2) is 17.3 Å². The SMILES string of the molecule is CCCCC(N)c1nc(Cc2ccc(OC)cc2)no1. The van der Waals surface area contributed by atoms with Crippen molar-refractivity contribution in [3.63, 3.8) is 0 Å². The second-order valence-electron chi connectivity index (χ2n) is 4.82. The van der Waals surface area contributed by atoms with Crippen molar-refractivity contribution in [2.45, 2.75) is 38.6 Å². The quantitative estimate of drug-likeness (QED) is 0.841. The van der Waals surface area contributed by atoms with Crippen molar-refractivity contribution < 1.29 is 9.26 Å². The molecule has 0 spiro atoms. The van der Waals surface area contributed by atoms with Crippen LogP contribution in [0.25, 0.3) is 0 Å². The number of nitrogens with zero attached hydrogens (tertiary/aromatic N) is 2. The van der Waals surface area contributed by atoms with Gasteiger partial charge in [0.25, 0.3) is 0 Å². The van der Waals surface area contributed by atoms with Gasteiger partial charge in [-0.05, 0) is 24.1 Å². The first kappa shape index (κ1) is 14.5. The van der Waals surface area contributed by atoms with Crippen LogP contribution in [0.1, 0.15) is 49.5 Å². The van der Waals surface area contributed by atoms with Crippen molar-refractivity contribution in [1.82, 2.24) is 10.1 Å². The molecule has 1 aromatic carbocycles. The van der Waals surface area contributed by atoms with Crippen molar-refractivity contribution in [1.29, 1.82) is 0 Å². The molecule has 1 aromatic heterocycles. The normalized spacial score (nSPS) is 12.3. The molecule has 108 valence electrons. The predicted octanol–water partition coefficient (Wildman–Crippen LogP) is 2.86. The lowest BCUT2D eigenvalue weighted by Gasteiger charge is -2.03. The number of methoxy groups -OCH3 is 1. The van der Waals surface area contributed by atoms with Gasteiger partial charge in [0.1, 0.15) is 5.75 Å². The van der Waals surface area contributed by atoms with Crippen molar-refractivity contribution in [2.75, 3.05) is 7.11 Å². The molecule has 0 aliphatic carbocycles. The van der Waals surface area contributed by atoms with Crippen LogP contribution in [0.5, 0.6) is 5.75 Å². The minimum absolute atomic E-state index is 0.160. The van der Waals surface area contributed by atoms with Gasteiger partial charge < -0.3 is 15.0 Å². The van der Waals surface area contributed by atoms with E-state index in [9.17, 15) is 0 Å². The van der Waals surface area contributed by atoms with Crippen LogP contribution in [0, 0.1) is 0 Å². The summed E-state index contributed by atoms with van der Waals surface area (Å²) in [6, 6.07) is 7.66. The molecule has 2 aromatic rings. The largest absolute Gasteiger partial charge is 0.497 e. The van der Waals surface area contributed by atoms with Gasteiger partial charge in [0.2, 0.25) is 5.89 Å². The summed E-state index contributed by atoms with van der Waals surface area (Å²) < 4.78 is 10.4. The fraction of sp³-hybridized carbons (Fsp3) is 0.467. The van der Waals surface area contributed by atoms with Crippen LogP contribution in [0.4, 0.5) is 0 Å². The summed E-state index contributed by atoms with van der Waals surface area (Å²) in [5, 5.41) is 3.99. The molecule has 1 unspecified atom stereocenters. The fourth-order valence-electron chi connectivity index (χ4n) is 1.96. The van der Waals surface area contributed by atoms with Gasteiger partial charge in [0, 0.05) is 6.42 Å². The highest BCUT2D eigenvalue weighted by molar-refractivity contribution is 5.28. The maximum Gasteiger partial charge on any atom is 0.243 e. The predicted molar refractivity (Wildman–Crippen MR) is 76.6 cm³/mol. The maximum atomic E-state index is 6.01. The highest BCUT2D eigenvalue weighted by Gasteiger charge is 2.14. The first-order chi connectivity index (χ1) is 9.72. The molecule has 0 saturated carbocycles. The molecule has 0 radical (unpaired) electrons. The number of aromatic nitrogens is 2.